The highest BCUT2D eigenvalue weighted by Gasteiger charge is 2.20. The summed E-state index contributed by atoms with van der Waals surface area (Å²) >= 11 is 0. The van der Waals surface area contributed by atoms with Gasteiger partial charge in [0.05, 0.1) is 20.8 Å². The Morgan fingerprint density at radius 3 is 1.95 bits per heavy atom. The van der Waals surface area contributed by atoms with E-state index in [1.807, 2.05) is 38.1 Å². The fourth-order valence-electron chi connectivity index (χ4n) is 5.04. The summed E-state index contributed by atoms with van der Waals surface area (Å²) in [4.78, 5) is 25.0. The number of nitrogens with one attached hydrogen (secondary N) is 2. The number of unbranched alkanes of at least 4 members (excludes halogenated alkanes) is 7. The summed E-state index contributed by atoms with van der Waals surface area (Å²) in [5.74, 6) is 1.55. The van der Waals surface area contributed by atoms with Gasteiger partial charge in [-0.3, -0.25) is 9.59 Å². The normalized spacial score (nSPS) is 11.3. The highest BCUT2D eigenvalue weighted by molar-refractivity contribution is 6.03. The molecule has 2 amide bonds. The van der Waals surface area contributed by atoms with Crippen LogP contribution in [0.2, 0.25) is 0 Å². The number of hydrogen-bond acceptors (Lipinski definition) is 5. The highest BCUT2D eigenvalue weighted by Crippen LogP contribution is 2.40. The van der Waals surface area contributed by atoms with Crippen molar-refractivity contribution in [1.29, 1.82) is 0 Å². The molecule has 0 aliphatic heterocycles. The van der Waals surface area contributed by atoms with Gasteiger partial charge in [-0.2, -0.15) is 0 Å². The predicted molar refractivity (Wildman–Crippen MR) is 174 cm³/mol. The Hall–Kier alpha value is -3.48. The van der Waals surface area contributed by atoms with Crippen molar-refractivity contribution in [3.63, 3.8) is 0 Å². The van der Waals surface area contributed by atoms with Crippen LogP contribution in [0.3, 0.4) is 0 Å². The fourth-order valence-corrected chi connectivity index (χ4v) is 5.04. The van der Waals surface area contributed by atoms with Gasteiger partial charge in [0, 0.05) is 29.9 Å². The lowest BCUT2D eigenvalue weighted by molar-refractivity contribution is -0.114. The Balaban J connectivity index is 2.13. The molecule has 7 heteroatoms. The molecule has 0 atom stereocenters. The zero-order chi connectivity index (χ0) is 31.1. The van der Waals surface area contributed by atoms with Gasteiger partial charge in [-0.15, -0.1) is 0 Å². The number of carbonyl (C=O) groups is 2. The maximum Gasteiger partial charge on any atom is 0.248 e. The second kappa shape index (κ2) is 18.1. The standard InChI is InChI=1S/C35H52N2O5/c1-9-10-11-12-13-14-15-16-21-42-35-30(40-7)22-27(23-31(35)41-8)17-20-32(39)37-29-19-18-28(24(2)3)34(36-26(6)38)33(29)25(4)5/h17-20,22-25H,9-16,21H2,1-8H3,(H,36,38)(H,37,39)/b20-17+. The van der Waals surface area contributed by atoms with Crippen molar-refractivity contribution in [2.45, 2.75) is 105 Å². The van der Waals surface area contributed by atoms with E-state index < -0.39 is 0 Å². The third-order valence-corrected chi connectivity index (χ3v) is 7.19. The molecule has 0 unspecified atom stereocenters. The molecule has 2 aromatic rings. The molecule has 0 radical (unpaired) electrons. The van der Waals surface area contributed by atoms with E-state index in [4.69, 9.17) is 14.2 Å². The van der Waals surface area contributed by atoms with Gasteiger partial charge in [-0.1, -0.05) is 85.6 Å². The van der Waals surface area contributed by atoms with E-state index in [0.29, 0.717) is 29.5 Å². The largest absolute Gasteiger partial charge is 0.493 e. The molecule has 2 rings (SSSR count). The van der Waals surface area contributed by atoms with E-state index >= 15 is 0 Å². The van der Waals surface area contributed by atoms with E-state index in [1.54, 1.807) is 20.3 Å². The van der Waals surface area contributed by atoms with Crippen molar-refractivity contribution in [3.05, 3.63) is 47.0 Å². The highest BCUT2D eigenvalue weighted by atomic mass is 16.5. The molecule has 42 heavy (non-hydrogen) atoms. The van der Waals surface area contributed by atoms with Crippen LogP contribution < -0.4 is 24.8 Å². The Bertz CT molecular complexity index is 1160. The topological polar surface area (TPSA) is 85.9 Å². The van der Waals surface area contributed by atoms with Crippen LogP contribution in [-0.4, -0.2) is 32.6 Å². The molecule has 0 aromatic heterocycles. The van der Waals surface area contributed by atoms with Crippen molar-refractivity contribution in [2.24, 2.45) is 0 Å². The zero-order valence-electron chi connectivity index (χ0n) is 27.0. The second-order valence-corrected chi connectivity index (χ2v) is 11.4. The van der Waals surface area contributed by atoms with Crippen LogP contribution in [-0.2, 0) is 9.59 Å². The Morgan fingerprint density at radius 1 is 0.833 bits per heavy atom. The summed E-state index contributed by atoms with van der Waals surface area (Å²) in [6, 6.07) is 7.54. The van der Waals surface area contributed by atoms with Gasteiger partial charge in [0.15, 0.2) is 11.5 Å². The molecule has 0 saturated carbocycles. The Kier molecular flexibility index (Phi) is 15.0. The number of anilines is 2. The SMILES string of the molecule is CCCCCCCCCCOc1c(OC)cc(/C=C/C(=O)Nc2ccc(C(C)C)c(NC(C)=O)c2C(C)C)cc1OC. The van der Waals surface area contributed by atoms with E-state index in [1.165, 1.54) is 51.5 Å². The Morgan fingerprint density at radius 2 is 1.43 bits per heavy atom. The van der Waals surface area contributed by atoms with E-state index in [2.05, 4.69) is 31.4 Å². The quantitative estimate of drug-likeness (QED) is 0.136. The number of rotatable bonds is 18. The molecular formula is C35H52N2O5. The number of methoxy groups -OCH3 is 2. The summed E-state index contributed by atoms with van der Waals surface area (Å²) < 4.78 is 17.3. The molecule has 0 bridgehead atoms. The summed E-state index contributed by atoms with van der Waals surface area (Å²) in [5, 5.41) is 6.00. The van der Waals surface area contributed by atoms with Crippen molar-refractivity contribution >= 4 is 29.3 Å². The minimum absolute atomic E-state index is 0.0803. The van der Waals surface area contributed by atoms with Crippen LogP contribution in [0.4, 0.5) is 11.4 Å². The van der Waals surface area contributed by atoms with Crippen molar-refractivity contribution < 1.29 is 23.8 Å². The van der Waals surface area contributed by atoms with E-state index in [0.717, 1.165) is 35.2 Å². The van der Waals surface area contributed by atoms with Crippen molar-refractivity contribution in [2.75, 3.05) is 31.5 Å². The van der Waals surface area contributed by atoms with Crippen LogP contribution in [0, 0.1) is 0 Å². The molecule has 0 spiro atoms. The van der Waals surface area contributed by atoms with Gasteiger partial charge in [0.2, 0.25) is 17.6 Å². The summed E-state index contributed by atoms with van der Waals surface area (Å²) in [6.45, 7) is 12.6. The zero-order valence-corrected chi connectivity index (χ0v) is 27.0. The third-order valence-electron chi connectivity index (χ3n) is 7.19. The van der Waals surface area contributed by atoms with Crippen LogP contribution >= 0.6 is 0 Å². The molecule has 0 aliphatic rings. The minimum atomic E-state index is -0.282. The third kappa shape index (κ3) is 10.7. The number of hydrogen-bond donors (Lipinski definition) is 2. The first-order valence-corrected chi connectivity index (χ1v) is 15.4. The average Bonchev–Trinajstić information content (AvgIpc) is 2.94. The lowest BCUT2D eigenvalue weighted by atomic mass is 9.91. The number of carbonyl (C=O) groups excluding carboxylic acids is 2. The van der Waals surface area contributed by atoms with E-state index in [9.17, 15) is 9.59 Å². The van der Waals surface area contributed by atoms with Gasteiger partial charge >= 0.3 is 0 Å². The van der Waals surface area contributed by atoms with Crippen LogP contribution in [0.15, 0.2) is 30.3 Å². The molecule has 7 nitrogen and oxygen atoms in total. The first-order valence-electron chi connectivity index (χ1n) is 15.4. The molecule has 2 N–H and O–H groups in total. The van der Waals surface area contributed by atoms with Gasteiger partial charge in [0.1, 0.15) is 0 Å². The lowest BCUT2D eigenvalue weighted by Crippen LogP contribution is -2.16. The Labute approximate surface area is 253 Å². The molecule has 0 aliphatic carbocycles. The molecule has 0 heterocycles. The molecular weight excluding hydrogens is 528 g/mol. The second-order valence-electron chi connectivity index (χ2n) is 11.4. The number of amides is 2. The molecule has 0 fully saturated rings. The maximum absolute atomic E-state index is 13.0. The van der Waals surface area contributed by atoms with Crippen LogP contribution in [0.25, 0.3) is 6.08 Å². The number of ether oxygens (including phenoxy) is 3. The minimum Gasteiger partial charge on any atom is -0.493 e. The first-order chi connectivity index (χ1) is 20.1. The summed E-state index contributed by atoms with van der Waals surface area (Å²) in [7, 11) is 3.19. The average molecular weight is 581 g/mol. The van der Waals surface area contributed by atoms with E-state index in [-0.39, 0.29) is 23.7 Å². The van der Waals surface area contributed by atoms with Crippen LogP contribution in [0.1, 0.15) is 121 Å². The fraction of sp³-hybridized carbons (Fsp3) is 0.543. The lowest BCUT2D eigenvalue weighted by Gasteiger charge is -2.23. The van der Waals surface area contributed by atoms with Gasteiger partial charge < -0.3 is 24.8 Å². The number of benzene rings is 2. The predicted octanol–water partition coefficient (Wildman–Crippen LogP) is 9.08. The van der Waals surface area contributed by atoms with Gasteiger partial charge in [-0.05, 0) is 53.7 Å². The van der Waals surface area contributed by atoms with Crippen LogP contribution in [0.5, 0.6) is 17.2 Å². The molecule has 0 saturated heterocycles. The monoisotopic (exact) mass is 580 g/mol. The van der Waals surface area contributed by atoms with Gasteiger partial charge in [-0.25, -0.2) is 0 Å². The molecule has 232 valence electrons. The summed E-state index contributed by atoms with van der Waals surface area (Å²) in [6.07, 6.45) is 13.0. The van der Waals surface area contributed by atoms with Crippen molar-refractivity contribution in [1.82, 2.24) is 0 Å². The maximum atomic E-state index is 13.0. The van der Waals surface area contributed by atoms with Crippen molar-refractivity contribution in [3.8, 4) is 17.2 Å². The first kappa shape index (κ1) is 34.7. The van der Waals surface area contributed by atoms with Gasteiger partial charge in [0.25, 0.3) is 0 Å². The summed E-state index contributed by atoms with van der Waals surface area (Å²) in [5.41, 5.74) is 4.13. The smallest absolute Gasteiger partial charge is 0.248 e. The molecule has 2 aromatic carbocycles.